The van der Waals surface area contributed by atoms with E-state index in [4.69, 9.17) is 0 Å². The van der Waals surface area contributed by atoms with Crippen LogP contribution in [0.1, 0.15) is 24.2 Å². The summed E-state index contributed by atoms with van der Waals surface area (Å²) in [6.45, 7) is 3.57. The normalized spacial score (nSPS) is 20.5. The summed E-state index contributed by atoms with van der Waals surface area (Å²) < 4.78 is -0.622. The number of carboxylic acids is 1. The maximum atomic E-state index is 12.6. The van der Waals surface area contributed by atoms with Crippen LogP contribution in [0.25, 0.3) is 10.9 Å². The Kier molecular flexibility index (Phi) is 3.13. The summed E-state index contributed by atoms with van der Waals surface area (Å²) in [5.74, 6) is -1.23. The van der Waals surface area contributed by atoms with Gasteiger partial charge in [0, 0.05) is 21.8 Å². The number of fused-ring (bicyclic) bond motifs is 1. The molecule has 1 atom stereocenters. The molecule has 0 unspecified atom stereocenters. The third-order valence-electron chi connectivity index (χ3n) is 3.53. The van der Waals surface area contributed by atoms with Crippen molar-refractivity contribution in [3.05, 3.63) is 36.0 Å². The van der Waals surface area contributed by atoms with Gasteiger partial charge in [0.05, 0.1) is 5.56 Å². The zero-order valence-electron chi connectivity index (χ0n) is 11.6. The van der Waals surface area contributed by atoms with Gasteiger partial charge in [0.15, 0.2) is 6.04 Å². The highest BCUT2D eigenvalue weighted by Gasteiger charge is 2.44. The molecule has 2 N–H and O–H groups in total. The van der Waals surface area contributed by atoms with E-state index in [1.165, 1.54) is 11.8 Å². The lowest BCUT2D eigenvalue weighted by Crippen LogP contribution is -2.34. The highest BCUT2D eigenvalue weighted by molar-refractivity contribution is 8.17. The second kappa shape index (κ2) is 4.73. The van der Waals surface area contributed by atoms with Gasteiger partial charge in [-0.05, 0) is 19.9 Å². The highest BCUT2D eigenvalue weighted by Crippen LogP contribution is 2.39. The number of aliphatic carboxylic acids is 1. The quantitative estimate of drug-likeness (QED) is 0.854. The van der Waals surface area contributed by atoms with Crippen molar-refractivity contribution in [3.63, 3.8) is 0 Å². The molecular formula is C15H14N2O3S. The number of aromatic nitrogens is 1. The molecule has 1 aromatic carbocycles. The number of para-hydroxylation sites is 1. The van der Waals surface area contributed by atoms with E-state index >= 15 is 0 Å². The molecule has 2 heterocycles. The summed E-state index contributed by atoms with van der Waals surface area (Å²) in [4.78, 5) is 31.0. The number of carbonyl (C=O) groups is 2. The molecule has 2 aromatic rings. The Hall–Kier alpha value is -2.08. The van der Waals surface area contributed by atoms with Crippen LogP contribution in [0.5, 0.6) is 0 Å². The highest BCUT2D eigenvalue weighted by atomic mass is 32.2. The maximum Gasteiger partial charge on any atom is 0.329 e. The fraction of sp³-hybridized carbons (Fsp3) is 0.267. The van der Waals surface area contributed by atoms with Gasteiger partial charge in [-0.1, -0.05) is 30.0 Å². The molecule has 0 amide bonds. The molecule has 5 nitrogen and oxygen atoms in total. The van der Waals surface area contributed by atoms with Crippen molar-refractivity contribution in [1.29, 1.82) is 0 Å². The largest absolute Gasteiger partial charge is 0.480 e. The molecule has 6 heteroatoms. The number of aromatic amines is 1. The molecule has 3 rings (SSSR count). The number of hydrogen-bond donors (Lipinski definition) is 2. The molecule has 1 aliphatic rings. The van der Waals surface area contributed by atoms with Crippen LogP contribution in [0.2, 0.25) is 0 Å². The number of rotatable bonds is 3. The number of benzene rings is 1. The number of carbonyl (C=O) groups excluding carboxylic acids is 1. The Labute approximate surface area is 125 Å². The first-order valence-corrected chi connectivity index (χ1v) is 7.32. The molecule has 108 valence electrons. The first-order valence-electron chi connectivity index (χ1n) is 6.50. The number of ketones is 1. The Morgan fingerprint density at radius 1 is 1.33 bits per heavy atom. The summed E-state index contributed by atoms with van der Waals surface area (Å²) in [5.41, 5.74) is 1.40. The Bertz CT molecular complexity index is 776. The molecule has 1 aliphatic heterocycles. The van der Waals surface area contributed by atoms with Crippen LogP contribution >= 0.6 is 11.8 Å². The lowest BCUT2D eigenvalue weighted by molar-refractivity contribution is -0.138. The van der Waals surface area contributed by atoms with Crippen molar-refractivity contribution in [2.75, 3.05) is 0 Å². The zero-order chi connectivity index (χ0) is 15.2. The SMILES string of the molecule is CC1(C)SC(C(=O)c2c[nH]c3ccccc23)=N[C@H]1C(=O)O. The summed E-state index contributed by atoms with van der Waals surface area (Å²) in [6, 6.07) is 6.60. The molecule has 21 heavy (non-hydrogen) atoms. The first-order chi connectivity index (χ1) is 9.90. The van der Waals surface area contributed by atoms with Gasteiger partial charge in [-0.15, -0.1) is 0 Å². The van der Waals surface area contributed by atoms with Crippen molar-refractivity contribution in [1.82, 2.24) is 4.98 Å². The summed E-state index contributed by atoms with van der Waals surface area (Å²) in [7, 11) is 0. The summed E-state index contributed by atoms with van der Waals surface area (Å²) in [5, 5.41) is 10.3. The van der Waals surface area contributed by atoms with E-state index in [1.54, 1.807) is 20.0 Å². The van der Waals surface area contributed by atoms with Gasteiger partial charge in [0.1, 0.15) is 5.04 Å². The first kappa shape index (κ1) is 13.9. The number of nitrogens with one attached hydrogen (secondary N) is 1. The number of aliphatic imine (C=N–C) groups is 1. The number of carboxylic acid groups (broad SMARTS) is 1. The number of nitrogens with zero attached hydrogens (tertiary/aromatic N) is 1. The van der Waals surface area contributed by atoms with Gasteiger partial charge < -0.3 is 10.1 Å². The minimum absolute atomic E-state index is 0.228. The standard InChI is InChI=1S/C15H14N2O3S/c1-15(2)12(14(19)20)17-13(21-15)11(18)9-7-16-10-6-4-3-5-8(9)10/h3-7,12,16H,1-2H3,(H,19,20)/t12-/m0/s1. The third kappa shape index (κ3) is 2.25. The van der Waals surface area contributed by atoms with Gasteiger partial charge in [0.2, 0.25) is 5.78 Å². The smallest absolute Gasteiger partial charge is 0.329 e. The van der Waals surface area contributed by atoms with Gasteiger partial charge in [-0.3, -0.25) is 9.79 Å². The topological polar surface area (TPSA) is 82.5 Å². The average molecular weight is 302 g/mol. The molecule has 0 aliphatic carbocycles. The van der Waals surface area contributed by atoms with Crippen LogP contribution in [0.3, 0.4) is 0 Å². The predicted octanol–water partition coefficient (Wildman–Crippen LogP) is 2.73. The molecule has 0 fully saturated rings. The van der Waals surface area contributed by atoms with E-state index in [2.05, 4.69) is 9.98 Å². The van der Waals surface area contributed by atoms with E-state index in [9.17, 15) is 14.7 Å². The van der Waals surface area contributed by atoms with Gasteiger partial charge >= 0.3 is 5.97 Å². The molecular weight excluding hydrogens is 288 g/mol. The molecule has 0 radical (unpaired) electrons. The molecule has 0 spiro atoms. The lowest BCUT2D eigenvalue weighted by atomic mass is 10.0. The van der Waals surface area contributed by atoms with E-state index in [0.717, 1.165) is 10.9 Å². The van der Waals surface area contributed by atoms with Crippen molar-refractivity contribution < 1.29 is 14.7 Å². The third-order valence-corrected chi connectivity index (χ3v) is 4.76. The number of Topliss-reactive ketones (excluding diaryl/α,β-unsaturated/α-hetero) is 1. The molecule has 0 saturated heterocycles. The van der Waals surface area contributed by atoms with Crippen molar-refractivity contribution in [3.8, 4) is 0 Å². The number of thioether (sulfide) groups is 1. The Morgan fingerprint density at radius 2 is 2.05 bits per heavy atom. The molecule has 0 bridgehead atoms. The zero-order valence-corrected chi connectivity index (χ0v) is 12.4. The van der Waals surface area contributed by atoms with E-state index in [0.29, 0.717) is 5.56 Å². The fourth-order valence-corrected chi connectivity index (χ4v) is 3.56. The van der Waals surface area contributed by atoms with E-state index < -0.39 is 16.8 Å². The summed E-state index contributed by atoms with van der Waals surface area (Å²) in [6.07, 6.45) is 1.65. The average Bonchev–Trinajstić information content (AvgIpc) is 2.98. The van der Waals surface area contributed by atoms with Gasteiger partial charge in [-0.2, -0.15) is 0 Å². The minimum atomic E-state index is -1.01. The second-order valence-corrected chi connectivity index (χ2v) is 7.10. The van der Waals surface area contributed by atoms with Gasteiger partial charge in [-0.25, -0.2) is 4.79 Å². The maximum absolute atomic E-state index is 12.6. The van der Waals surface area contributed by atoms with Crippen LogP contribution < -0.4 is 0 Å². The van der Waals surface area contributed by atoms with Crippen molar-refractivity contribution in [2.24, 2.45) is 4.99 Å². The predicted molar refractivity (Wildman–Crippen MR) is 83.2 cm³/mol. The van der Waals surface area contributed by atoms with Crippen LogP contribution in [0.4, 0.5) is 0 Å². The molecule has 0 saturated carbocycles. The summed E-state index contributed by atoms with van der Waals surface area (Å²) >= 11 is 1.22. The fourth-order valence-electron chi connectivity index (χ4n) is 2.44. The molecule has 1 aromatic heterocycles. The lowest BCUT2D eigenvalue weighted by Gasteiger charge is -2.20. The van der Waals surface area contributed by atoms with Crippen molar-refractivity contribution in [2.45, 2.75) is 24.6 Å². The van der Waals surface area contributed by atoms with Crippen LogP contribution in [-0.2, 0) is 4.79 Å². The van der Waals surface area contributed by atoms with E-state index in [-0.39, 0.29) is 10.8 Å². The number of hydrogen-bond acceptors (Lipinski definition) is 4. The number of H-pyrrole nitrogens is 1. The van der Waals surface area contributed by atoms with Crippen LogP contribution in [0.15, 0.2) is 35.5 Å². The van der Waals surface area contributed by atoms with Crippen LogP contribution in [-0.4, -0.2) is 37.7 Å². The van der Waals surface area contributed by atoms with Gasteiger partial charge in [0.25, 0.3) is 0 Å². The Morgan fingerprint density at radius 3 is 2.71 bits per heavy atom. The second-order valence-electron chi connectivity index (χ2n) is 5.46. The van der Waals surface area contributed by atoms with E-state index in [1.807, 2.05) is 24.3 Å². The minimum Gasteiger partial charge on any atom is -0.480 e. The monoisotopic (exact) mass is 302 g/mol. The van der Waals surface area contributed by atoms with Crippen molar-refractivity contribution >= 4 is 39.5 Å². The Balaban J connectivity index is 2.00. The van der Waals surface area contributed by atoms with Crippen LogP contribution in [0, 0.1) is 0 Å².